The second-order valence-corrected chi connectivity index (χ2v) is 11.0. The molecule has 0 unspecified atom stereocenters. The van der Waals surface area contributed by atoms with Crippen LogP contribution < -0.4 is 21.7 Å². The number of esters is 1. The molecule has 232 valence electrons. The van der Waals surface area contributed by atoms with Crippen molar-refractivity contribution >= 4 is 29.8 Å². The third-order valence-corrected chi connectivity index (χ3v) is 6.84. The van der Waals surface area contributed by atoms with Gasteiger partial charge < -0.3 is 31.2 Å². The van der Waals surface area contributed by atoms with Crippen molar-refractivity contribution in [2.24, 2.45) is 11.7 Å². The molecule has 4 amide bonds. The molecule has 0 bridgehead atoms. The van der Waals surface area contributed by atoms with Gasteiger partial charge >= 0.3 is 12.1 Å². The maximum atomic E-state index is 13.5. The van der Waals surface area contributed by atoms with Crippen LogP contribution in [0.4, 0.5) is 4.79 Å². The van der Waals surface area contributed by atoms with E-state index in [1.54, 1.807) is 6.92 Å². The van der Waals surface area contributed by atoms with Crippen LogP contribution in [-0.4, -0.2) is 60.6 Å². The second kappa shape index (κ2) is 18.5. The topological polar surface area (TPSA) is 166 Å². The van der Waals surface area contributed by atoms with E-state index < -0.39 is 47.9 Å². The molecule has 5 N–H and O–H groups in total. The highest BCUT2D eigenvalue weighted by Crippen LogP contribution is 2.20. The zero-order chi connectivity index (χ0) is 30.9. The largest absolute Gasteiger partial charge is 0.463 e. The number of nitrogens with one attached hydrogen (secondary N) is 3. The van der Waals surface area contributed by atoms with Crippen molar-refractivity contribution in [2.75, 3.05) is 6.61 Å². The van der Waals surface area contributed by atoms with Gasteiger partial charge in [0.05, 0.1) is 6.61 Å². The summed E-state index contributed by atoms with van der Waals surface area (Å²) in [6.45, 7) is 5.72. The van der Waals surface area contributed by atoms with Crippen molar-refractivity contribution in [1.29, 1.82) is 0 Å². The van der Waals surface area contributed by atoms with E-state index in [9.17, 15) is 24.0 Å². The summed E-state index contributed by atoms with van der Waals surface area (Å²) >= 11 is 0. The van der Waals surface area contributed by atoms with Gasteiger partial charge in [-0.05, 0) is 56.9 Å². The molecule has 0 aliphatic heterocycles. The molecule has 0 heterocycles. The lowest BCUT2D eigenvalue weighted by atomic mass is 9.98. The molecule has 1 aliphatic carbocycles. The molecule has 0 saturated heterocycles. The molecule has 0 aromatic heterocycles. The van der Waals surface area contributed by atoms with Crippen LogP contribution in [0.3, 0.4) is 0 Å². The number of alkyl carbamates (subject to hydrolysis) is 1. The van der Waals surface area contributed by atoms with Gasteiger partial charge in [0.15, 0.2) is 0 Å². The predicted octanol–water partition coefficient (Wildman–Crippen LogP) is 3.06. The van der Waals surface area contributed by atoms with Crippen LogP contribution in [0, 0.1) is 5.92 Å². The number of amides is 4. The number of nitrogens with two attached hydrogens (primary N) is 1. The second-order valence-electron chi connectivity index (χ2n) is 11.0. The smallest absolute Gasteiger partial charge is 0.408 e. The van der Waals surface area contributed by atoms with Crippen LogP contribution in [0.1, 0.15) is 77.7 Å². The summed E-state index contributed by atoms with van der Waals surface area (Å²) < 4.78 is 10.5. The molecule has 11 nitrogen and oxygen atoms in total. The van der Waals surface area contributed by atoms with Crippen molar-refractivity contribution in [1.82, 2.24) is 16.0 Å². The van der Waals surface area contributed by atoms with E-state index in [2.05, 4.69) is 16.0 Å². The highest BCUT2D eigenvalue weighted by molar-refractivity contribution is 5.92. The fourth-order valence-corrected chi connectivity index (χ4v) is 4.73. The molecule has 1 aliphatic rings. The first-order valence-corrected chi connectivity index (χ1v) is 14.8. The minimum absolute atomic E-state index is 0.0304. The first kappa shape index (κ1) is 34.3. The fourth-order valence-electron chi connectivity index (χ4n) is 4.73. The molecule has 42 heavy (non-hydrogen) atoms. The van der Waals surface area contributed by atoms with Gasteiger partial charge in [-0.3, -0.25) is 14.4 Å². The Balaban J connectivity index is 2.20. The number of benzene rings is 1. The van der Waals surface area contributed by atoms with Crippen molar-refractivity contribution < 1.29 is 33.4 Å². The molecular weight excluding hydrogens is 540 g/mol. The lowest BCUT2D eigenvalue weighted by Gasteiger charge is -2.27. The Morgan fingerprint density at radius 2 is 1.62 bits per heavy atom. The summed E-state index contributed by atoms with van der Waals surface area (Å²) in [7, 11) is 0. The SMILES string of the molecule is CCOC(=O)/C=C/[C@H](CCC(N)=O)NC(=O)[C@H](Cc1ccccc1)NC(=O)[C@H](CC(C)C)NC(=O)OC1CCCCC1. The summed E-state index contributed by atoms with van der Waals surface area (Å²) in [5.41, 5.74) is 6.11. The lowest BCUT2D eigenvalue weighted by Crippen LogP contribution is -2.56. The molecule has 0 spiro atoms. The third-order valence-electron chi connectivity index (χ3n) is 6.84. The van der Waals surface area contributed by atoms with Gasteiger partial charge in [-0.2, -0.15) is 0 Å². The van der Waals surface area contributed by atoms with Gasteiger partial charge in [-0.25, -0.2) is 9.59 Å². The van der Waals surface area contributed by atoms with Gasteiger partial charge in [-0.15, -0.1) is 0 Å². The molecule has 2 rings (SSSR count). The third kappa shape index (κ3) is 13.6. The molecule has 1 saturated carbocycles. The number of hydrogen-bond acceptors (Lipinski definition) is 7. The number of carbonyl (C=O) groups excluding carboxylic acids is 5. The summed E-state index contributed by atoms with van der Waals surface area (Å²) in [6, 6.07) is 6.52. The molecule has 1 aromatic rings. The Hall–Kier alpha value is -3.89. The Morgan fingerprint density at radius 1 is 0.952 bits per heavy atom. The number of carbonyl (C=O) groups is 5. The zero-order valence-corrected chi connectivity index (χ0v) is 24.9. The lowest BCUT2D eigenvalue weighted by molar-refractivity contribution is -0.137. The summed E-state index contributed by atoms with van der Waals surface area (Å²) in [5.74, 6) is -2.12. The summed E-state index contributed by atoms with van der Waals surface area (Å²) in [6.07, 6.45) is 7.14. The normalized spacial score (nSPS) is 15.8. The molecule has 11 heteroatoms. The quantitative estimate of drug-likeness (QED) is 0.171. The van der Waals surface area contributed by atoms with E-state index in [1.165, 1.54) is 12.2 Å². The van der Waals surface area contributed by atoms with Crippen molar-refractivity contribution in [3.05, 3.63) is 48.0 Å². The minimum atomic E-state index is -1.02. The number of rotatable bonds is 16. The monoisotopic (exact) mass is 586 g/mol. The van der Waals surface area contributed by atoms with E-state index in [0.717, 1.165) is 37.7 Å². The maximum absolute atomic E-state index is 13.5. The molecule has 1 fully saturated rings. The van der Waals surface area contributed by atoms with Gasteiger partial charge in [0.2, 0.25) is 17.7 Å². The van der Waals surface area contributed by atoms with E-state index in [-0.39, 0.29) is 37.9 Å². The number of hydrogen-bond donors (Lipinski definition) is 4. The van der Waals surface area contributed by atoms with E-state index in [0.29, 0.717) is 6.42 Å². The van der Waals surface area contributed by atoms with Crippen LogP contribution in [-0.2, 0) is 35.1 Å². The fraction of sp³-hybridized carbons (Fsp3) is 0.581. The Kier molecular flexibility index (Phi) is 15.1. The summed E-state index contributed by atoms with van der Waals surface area (Å²) in [5, 5.41) is 8.31. The number of ether oxygens (including phenoxy) is 2. The zero-order valence-electron chi connectivity index (χ0n) is 24.9. The van der Waals surface area contributed by atoms with E-state index >= 15 is 0 Å². The van der Waals surface area contributed by atoms with Crippen LogP contribution in [0.2, 0.25) is 0 Å². The highest BCUT2D eigenvalue weighted by atomic mass is 16.6. The molecule has 3 atom stereocenters. The van der Waals surface area contributed by atoms with Gasteiger partial charge in [-0.1, -0.05) is 56.7 Å². The van der Waals surface area contributed by atoms with E-state index in [1.807, 2.05) is 44.2 Å². The van der Waals surface area contributed by atoms with Gasteiger partial charge in [0.1, 0.15) is 18.2 Å². The molecular formula is C31H46N4O7. The Bertz CT molecular complexity index is 1050. The Labute approximate surface area is 248 Å². The maximum Gasteiger partial charge on any atom is 0.408 e. The first-order chi connectivity index (χ1) is 20.1. The van der Waals surface area contributed by atoms with Gasteiger partial charge in [0.25, 0.3) is 0 Å². The van der Waals surface area contributed by atoms with Gasteiger partial charge in [0, 0.05) is 25.0 Å². The number of primary amides is 1. The van der Waals surface area contributed by atoms with Crippen LogP contribution >= 0.6 is 0 Å². The first-order valence-electron chi connectivity index (χ1n) is 14.8. The van der Waals surface area contributed by atoms with Crippen molar-refractivity contribution in [2.45, 2.75) is 103 Å². The van der Waals surface area contributed by atoms with Crippen molar-refractivity contribution in [3.8, 4) is 0 Å². The average Bonchev–Trinajstić information content (AvgIpc) is 2.94. The Morgan fingerprint density at radius 3 is 2.24 bits per heavy atom. The predicted molar refractivity (Wildman–Crippen MR) is 158 cm³/mol. The highest BCUT2D eigenvalue weighted by Gasteiger charge is 2.30. The van der Waals surface area contributed by atoms with Crippen molar-refractivity contribution in [3.63, 3.8) is 0 Å². The van der Waals surface area contributed by atoms with Crippen LogP contribution in [0.15, 0.2) is 42.5 Å². The summed E-state index contributed by atoms with van der Waals surface area (Å²) in [4.78, 5) is 63.0. The molecule has 1 aromatic carbocycles. The minimum Gasteiger partial charge on any atom is -0.463 e. The van der Waals surface area contributed by atoms with Crippen LogP contribution in [0.25, 0.3) is 0 Å². The average molecular weight is 587 g/mol. The van der Waals surface area contributed by atoms with E-state index in [4.69, 9.17) is 15.2 Å². The molecule has 0 radical (unpaired) electrons. The van der Waals surface area contributed by atoms with Crippen LogP contribution in [0.5, 0.6) is 0 Å². The standard InChI is InChI=1S/C31H46N4O7/c1-4-41-28(37)18-16-23(15-17-27(32)36)33-29(38)26(20-22-11-7-5-8-12-22)34-30(39)25(19-21(2)3)35-31(40)42-24-13-9-6-10-14-24/h5,7-8,11-12,16,18,21,23-26H,4,6,9-10,13-15,17,19-20H2,1-3H3,(H2,32,36)(H,33,38)(H,34,39)(H,35,40)/b18-16+/t23-,25-,26-/m0/s1.